The zero-order chi connectivity index (χ0) is 13.2. The molecule has 108 valence electrons. The van der Waals surface area contributed by atoms with Gasteiger partial charge >= 0.3 is 0 Å². The minimum atomic E-state index is 0.561. The molecule has 2 unspecified atom stereocenters. The number of methoxy groups -OCH3 is 1. The lowest BCUT2D eigenvalue weighted by atomic mass is 9.89. The standard InChI is InChI=1S/C14H30N2O2/c1-3-13-5-6-16(14(11-13)12-15)7-10-18-9-4-8-17-2/h13-14H,3-12,15H2,1-2H3. The summed E-state index contributed by atoms with van der Waals surface area (Å²) < 4.78 is 10.6. The van der Waals surface area contributed by atoms with Gasteiger partial charge in [-0.2, -0.15) is 0 Å². The van der Waals surface area contributed by atoms with E-state index in [9.17, 15) is 0 Å². The van der Waals surface area contributed by atoms with Crippen LogP contribution >= 0.6 is 0 Å². The molecule has 1 rings (SSSR count). The number of ether oxygens (including phenoxy) is 2. The Balaban J connectivity index is 2.12. The Hall–Kier alpha value is -0.160. The molecular formula is C14H30N2O2. The quantitative estimate of drug-likeness (QED) is 0.637. The van der Waals surface area contributed by atoms with E-state index in [0.29, 0.717) is 6.04 Å². The zero-order valence-electron chi connectivity index (χ0n) is 12.1. The van der Waals surface area contributed by atoms with Crippen molar-refractivity contribution in [3.63, 3.8) is 0 Å². The van der Waals surface area contributed by atoms with Gasteiger partial charge < -0.3 is 15.2 Å². The summed E-state index contributed by atoms with van der Waals surface area (Å²) in [5.41, 5.74) is 5.88. The van der Waals surface area contributed by atoms with Crippen LogP contribution < -0.4 is 5.73 Å². The zero-order valence-corrected chi connectivity index (χ0v) is 12.1. The summed E-state index contributed by atoms with van der Waals surface area (Å²) in [6.45, 7) is 7.66. The number of hydrogen-bond acceptors (Lipinski definition) is 4. The third kappa shape index (κ3) is 5.65. The molecule has 0 aromatic rings. The summed E-state index contributed by atoms with van der Waals surface area (Å²) in [6.07, 6.45) is 4.85. The van der Waals surface area contributed by atoms with E-state index in [-0.39, 0.29) is 0 Å². The van der Waals surface area contributed by atoms with E-state index >= 15 is 0 Å². The van der Waals surface area contributed by atoms with Gasteiger partial charge in [-0.3, -0.25) is 4.90 Å². The third-order valence-corrected chi connectivity index (χ3v) is 3.96. The fourth-order valence-corrected chi connectivity index (χ4v) is 2.68. The van der Waals surface area contributed by atoms with E-state index < -0.39 is 0 Å². The van der Waals surface area contributed by atoms with Crippen LogP contribution in [0.2, 0.25) is 0 Å². The Morgan fingerprint density at radius 3 is 2.78 bits per heavy atom. The van der Waals surface area contributed by atoms with Crippen LogP contribution in [0.5, 0.6) is 0 Å². The molecule has 2 N–H and O–H groups in total. The molecular weight excluding hydrogens is 228 g/mol. The first-order valence-electron chi connectivity index (χ1n) is 7.32. The number of rotatable bonds is 9. The summed E-state index contributed by atoms with van der Waals surface area (Å²) in [7, 11) is 1.73. The van der Waals surface area contributed by atoms with Crippen LogP contribution in [0.4, 0.5) is 0 Å². The first-order valence-corrected chi connectivity index (χ1v) is 7.32. The lowest BCUT2D eigenvalue weighted by Crippen LogP contribution is -2.47. The van der Waals surface area contributed by atoms with Crippen molar-refractivity contribution in [1.29, 1.82) is 0 Å². The van der Waals surface area contributed by atoms with Gasteiger partial charge in [0.05, 0.1) is 6.61 Å². The fourth-order valence-electron chi connectivity index (χ4n) is 2.68. The highest BCUT2D eigenvalue weighted by Crippen LogP contribution is 2.24. The van der Waals surface area contributed by atoms with Crippen LogP contribution in [-0.2, 0) is 9.47 Å². The number of likely N-dealkylation sites (tertiary alicyclic amines) is 1. The smallest absolute Gasteiger partial charge is 0.0593 e. The van der Waals surface area contributed by atoms with Crippen molar-refractivity contribution in [3.05, 3.63) is 0 Å². The van der Waals surface area contributed by atoms with Gasteiger partial charge in [0.25, 0.3) is 0 Å². The highest BCUT2D eigenvalue weighted by atomic mass is 16.5. The van der Waals surface area contributed by atoms with E-state index in [2.05, 4.69) is 11.8 Å². The number of hydrogen-bond donors (Lipinski definition) is 1. The molecule has 1 heterocycles. The van der Waals surface area contributed by atoms with Gasteiger partial charge in [-0.05, 0) is 31.7 Å². The molecule has 0 spiro atoms. The largest absolute Gasteiger partial charge is 0.385 e. The fraction of sp³-hybridized carbons (Fsp3) is 1.00. The average molecular weight is 258 g/mol. The van der Waals surface area contributed by atoms with E-state index in [0.717, 1.165) is 45.2 Å². The minimum Gasteiger partial charge on any atom is -0.385 e. The Morgan fingerprint density at radius 2 is 2.11 bits per heavy atom. The van der Waals surface area contributed by atoms with E-state index in [1.54, 1.807) is 7.11 Å². The number of nitrogens with two attached hydrogens (primary N) is 1. The highest BCUT2D eigenvalue weighted by molar-refractivity contribution is 4.81. The summed E-state index contributed by atoms with van der Waals surface area (Å²) >= 11 is 0. The topological polar surface area (TPSA) is 47.7 Å². The van der Waals surface area contributed by atoms with E-state index in [1.807, 2.05) is 0 Å². The van der Waals surface area contributed by atoms with Gasteiger partial charge in [0.1, 0.15) is 0 Å². The van der Waals surface area contributed by atoms with Crippen molar-refractivity contribution in [2.75, 3.05) is 46.6 Å². The minimum absolute atomic E-state index is 0.561. The second-order valence-corrected chi connectivity index (χ2v) is 5.18. The molecule has 18 heavy (non-hydrogen) atoms. The molecule has 0 aromatic carbocycles. The Kier molecular flexibility index (Phi) is 8.59. The van der Waals surface area contributed by atoms with Crippen molar-refractivity contribution < 1.29 is 9.47 Å². The first kappa shape index (κ1) is 15.9. The molecule has 0 aromatic heterocycles. The van der Waals surface area contributed by atoms with Crippen molar-refractivity contribution >= 4 is 0 Å². The van der Waals surface area contributed by atoms with E-state index in [1.165, 1.54) is 25.8 Å². The summed E-state index contributed by atoms with van der Waals surface area (Å²) in [5.74, 6) is 0.873. The maximum Gasteiger partial charge on any atom is 0.0593 e. The maximum atomic E-state index is 5.88. The summed E-state index contributed by atoms with van der Waals surface area (Å²) in [4.78, 5) is 2.50. The normalized spacial score (nSPS) is 25.5. The van der Waals surface area contributed by atoms with Gasteiger partial charge in [0.2, 0.25) is 0 Å². The van der Waals surface area contributed by atoms with Crippen LogP contribution in [0.1, 0.15) is 32.6 Å². The van der Waals surface area contributed by atoms with Crippen LogP contribution in [0.25, 0.3) is 0 Å². The van der Waals surface area contributed by atoms with Gasteiger partial charge in [-0.15, -0.1) is 0 Å². The molecule has 1 aliphatic heterocycles. The van der Waals surface area contributed by atoms with E-state index in [4.69, 9.17) is 15.2 Å². The van der Waals surface area contributed by atoms with Gasteiger partial charge in [0, 0.05) is 39.5 Å². The number of nitrogens with zero attached hydrogens (tertiary/aromatic N) is 1. The van der Waals surface area contributed by atoms with Crippen molar-refractivity contribution in [1.82, 2.24) is 4.90 Å². The second kappa shape index (κ2) is 9.73. The molecule has 0 radical (unpaired) electrons. The first-order chi connectivity index (χ1) is 8.81. The summed E-state index contributed by atoms with van der Waals surface area (Å²) in [5, 5.41) is 0. The third-order valence-electron chi connectivity index (χ3n) is 3.96. The Morgan fingerprint density at radius 1 is 1.28 bits per heavy atom. The predicted octanol–water partition coefficient (Wildman–Crippen LogP) is 1.49. The van der Waals surface area contributed by atoms with Crippen LogP contribution in [0, 0.1) is 5.92 Å². The molecule has 1 fully saturated rings. The Labute approximate surface area is 112 Å². The molecule has 1 saturated heterocycles. The monoisotopic (exact) mass is 258 g/mol. The van der Waals surface area contributed by atoms with Crippen LogP contribution in [-0.4, -0.2) is 57.5 Å². The maximum absolute atomic E-state index is 5.88. The molecule has 2 atom stereocenters. The lowest BCUT2D eigenvalue weighted by molar-refractivity contribution is 0.0518. The predicted molar refractivity (Wildman–Crippen MR) is 74.7 cm³/mol. The van der Waals surface area contributed by atoms with Crippen molar-refractivity contribution in [2.45, 2.75) is 38.6 Å². The average Bonchev–Trinajstić information content (AvgIpc) is 2.42. The molecule has 4 heteroatoms. The highest BCUT2D eigenvalue weighted by Gasteiger charge is 2.25. The second-order valence-electron chi connectivity index (χ2n) is 5.18. The van der Waals surface area contributed by atoms with Gasteiger partial charge in [-0.1, -0.05) is 13.3 Å². The number of piperidine rings is 1. The lowest BCUT2D eigenvalue weighted by Gasteiger charge is -2.38. The molecule has 0 aliphatic carbocycles. The summed E-state index contributed by atoms with van der Waals surface area (Å²) in [6, 6.07) is 0.561. The SMILES string of the molecule is CCC1CCN(CCOCCCOC)C(CN)C1. The molecule has 0 bridgehead atoms. The van der Waals surface area contributed by atoms with Gasteiger partial charge in [0.15, 0.2) is 0 Å². The molecule has 4 nitrogen and oxygen atoms in total. The van der Waals surface area contributed by atoms with Crippen LogP contribution in [0.15, 0.2) is 0 Å². The van der Waals surface area contributed by atoms with Crippen LogP contribution in [0.3, 0.4) is 0 Å². The molecule has 0 saturated carbocycles. The van der Waals surface area contributed by atoms with Gasteiger partial charge in [-0.25, -0.2) is 0 Å². The van der Waals surface area contributed by atoms with Crippen molar-refractivity contribution in [2.24, 2.45) is 11.7 Å². The van der Waals surface area contributed by atoms with Crippen molar-refractivity contribution in [3.8, 4) is 0 Å². The Bertz CT molecular complexity index is 202. The molecule has 1 aliphatic rings. The molecule has 0 amide bonds.